The second-order valence-electron chi connectivity index (χ2n) is 1.75. The molecule has 0 spiro atoms. The lowest BCUT2D eigenvalue weighted by Gasteiger charge is -2.02. The first kappa shape index (κ1) is 8.94. The van der Waals surface area contributed by atoms with Gasteiger partial charge in [-0.05, 0) is 12.2 Å². The first-order valence-electron chi connectivity index (χ1n) is 2.52. The maximum atomic E-state index is 11.9. The molecule has 0 amide bonds. The molecule has 0 atom stereocenters. The van der Waals surface area contributed by atoms with E-state index in [1.807, 2.05) is 0 Å². The van der Waals surface area contributed by atoms with Crippen molar-refractivity contribution in [1.82, 2.24) is 0 Å². The summed E-state index contributed by atoms with van der Waals surface area (Å²) in [6, 6.07) is 0. The van der Waals surface area contributed by atoms with Gasteiger partial charge < -0.3 is 0 Å². The van der Waals surface area contributed by atoms with Gasteiger partial charge in [0.1, 0.15) is 6.29 Å². The third kappa shape index (κ3) is 3.06. The number of aldehydes is 1. The van der Waals surface area contributed by atoms with Gasteiger partial charge in [-0.25, -0.2) is 0 Å². The summed E-state index contributed by atoms with van der Waals surface area (Å²) < 4.78 is 23.8. The van der Waals surface area contributed by atoms with E-state index in [9.17, 15) is 18.4 Å². The maximum absolute atomic E-state index is 11.9. The van der Waals surface area contributed by atoms with Crippen molar-refractivity contribution in [2.75, 3.05) is 0 Å². The van der Waals surface area contributed by atoms with E-state index in [0.717, 1.165) is 6.08 Å². The van der Waals surface area contributed by atoms with Crippen LogP contribution in [0.25, 0.3) is 0 Å². The van der Waals surface area contributed by atoms with Crippen LogP contribution in [0.5, 0.6) is 0 Å². The summed E-state index contributed by atoms with van der Waals surface area (Å²) in [7, 11) is 0. The summed E-state index contributed by atoms with van der Waals surface area (Å²) in [5.41, 5.74) is 0. The molecule has 0 saturated carbocycles. The standard InChI is InChI=1S/C6H6F2O2/c1-6(7,8)5(10)3-2-4-9/h2-4H,1H3/b3-2+. The van der Waals surface area contributed by atoms with E-state index in [0.29, 0.717) is 13.0 Å². The molecule has 0 aliphatic rings. The molecule has 0 N–H and O–H groups in total. The molecule has 0 radical (unpaired) electrons. The molecule has 0 aromatic carbocycles. The summed E-state index contributed by atoms with van der Waals surface area (Å²) >= 11 is 0. The van der Waals surface area contributed by atoms with Crippen molar-refractivity contribution in [2.24, 2.45) is 0 Å². The fourth-order valence-corrected chi connectivity index (χ4v) is 0.273. The van der Waals surface area contributed by atoms with Crippen LogP contribution in [0, 0.1) is 0 Å². The van der Waals surface area contributed by atoms with Gasteiger partial charge in [0.2, 0.25) is 5.78 Å². The average molecular weight is 148 g/mol. The van der Waals surface area contributed by atoms with E-state index in [1.54, 1.807) is 0 Å². The number of carbonyl (C=O) groups is 2. The topological polar surface area (TPSA) is 34.1 Å². The molecular formula is C6H6F2O2. The highest BCUT2D eigenvalue weighted by Crippen LogP contribution is 2.12. The Hall–Kier alpha value is -1.06. The van der Waals surface area contributed by atoms with Crippen LogP contribution >= 0.6 is 0 Å². The van der Waals surface area contributed by atoms with Gasteiger partial charge in [0.15, 0.2) is 0 Å². The predicted molar refractivity (Wildman–Crippen MR) is 30.8 cm³/mol. The van der Waals surface area contributed by atoms with Crippen LogP contribution in [-0.4, -0.2) is 18.0 Å². The molecule has 4 heteroatoms. The van der Waals surface area contributed by atoms with E-state index >= 15 is 0 Å². The first-order chi connectivity index (χ1) is 4.48. The third-order valence-electron chi connectivity index (χ3n) is 0.759. The van der Waals surface area contributed by atoms with Gasteiger partial charge in [0.05, 0.1) is 0 Å². The minimum absolute atomic E-state index is 0.268. The Balaban J connectivity index is 4.11. The molecule has 2 nitrogen and oxygen atoms in total. The second-order valence-corrected chi connectivity index (χ2v) is 1.75. The smallest absolute Gasteiger partial charge is 0.299 e. The minimum atomic E-state index is -3.38. The van der Waals surface area contributed by atoms with E-state index in [4.69, 9.17) is 0 Å². The van der Waals surface area contributed by atoms with Gasteiger partial charge in [0, 0.05) is 6.92 Å². The van der Waals surface area contributed by atoms with E-state index < -0.39 is 11.7 Å². The number of alkyl halides is 2. The van der Waals surface area contributed by atoms with E-state index in [-0.39, 0.29) is 6.29 Å². The Morgan fingerprint density at radius 2 is 2.00 bits per heavy atom. The molecule has 0 fully saturated rings. The largest absolute Gasteiger partial charge is 0.306 e. The molecule has 0 unspecified atom stereocenters. The summed E-state index contributed by atoms with van der Waals surface area (Å²) in [6.07, 6.45) is 1.55. The summed E-state index contributed by atoms with van der Waals surface area (Å²) in [6.45, 7) is 0.477. The lowest BCUT2D eigenvalue weighted by molar-refractivity contribution is -0.135. The number of carbonyl (C=O) groups excluding carboxylic acids is 2. The molecule has 0 saturated heterocycles. The van der Waals surface area contributed by atoms with Crippen molar-refractivity contribution in [2.45, 2.75) is 12.8 Å². The molecule has 0 rings (SSSR count). The maximum Gasteiger partial charge on any atom is 0.306 e. The number of allylic oxidation sites excluding steroid dienone is 2. The second kappa shape index (κ2) is 3.20. The van der Waals surface area contributed by atoms with Crippen LogP contribution in [-0.2, 0) is 9.59 Å². The lowest BCUT2D eigenvalue weighted by Crippen LogP contribution is -2.21. The van der Waals surface area contributed by atoms with Gasteiger partial charge in [0.25, 0.3) is 0 Å². The van der Waals surface area contributed by atoms with Gasteiger partial charge in [-0.3, -0.25) is 9.59 Å². The van der Waals surface area contributed by atoms with Crippen molar-refractivity contribution < 1.29 is 18.4 Å². The zero-order valence-electron chi connectivity index (χ0n) is 5.30. The highest BCUT2D eigenvalue weighted by molar-refractivity contribution is 5.97. The molecule has 0 aliphatic heterocycles. The molecular weight excluding hydrogens is 142 g/mol. The normalized spacial score (nSPS) is 11.9. The molecule has 10 heavy (non-hydrogen) atoms. The van der Waals surface area contributed by atoms with Crippen LogP contribution in [0.1, 0.15) is 6.92 Å². The number of hydrogen-bond acceptors (Lipinski definition) is 2. The zero-order valence-corrected chi connectivity index (χ0v) is 5.30. The van der Waals surface area contributed by atoms with Crippen LogP contribution < -0.4 is 0 Å². The average Bonchev–Trinajstić information content (AvgIpc) is 1.80. The Morgan fingerprint density at radius 1 is 1.50 bits per heavy atom. The van der Waals surface area contributed by atoms with Crippen LogP contribution in [0.3, 0.4) is 0 Å². The van der Waals surface area contributed by atoms with Gasteiger partial charge in [-0.15, -0.1) is 0 Å². The summed E-state index contributed by atoms with van der Waals surface area (Å²) in [5.74, 6) is -4.74. The third-order valence-corrected chi connectivity index (χ3v) is 0.759. The summed E-state index contributed by atoms with van der Waals surface area (Å²) in [4.78, 5) is 19.8. The van der Waals surface area contributed by atoms with Crippen molar-refractivity contribution >= 4 is 12.1 Å². The number of rotatable bonds is 3. The monoisotopic (exact) mass is 148 g/mol. The minimum Gasteiger partial charge on any atom is -0.299 e. The van der Waals surface area contributed by atoms with Crippen molar-refractivity contribution in [3.8, 4) is 0 Å². The van der Waals surface area contributed by atoms with Gasteiger partial charge in [-0.2, -0.15) is 8.78 Å². The van der Waals surface area contributed by atoms with Crippen LogP contribution in [0.4, 0.5) is 8.78 Å². The highest BCUT2D eigenvalue weighted by atomic mass is 19.3. The van der Waals surface area contributed by atoms with Crippen molar-refractivity contribution in [3.63, 3.8) is 0 Å². The summed E-state index contributed by atoms with van der Waals surface area (Å²) in [5, 5.41) is 0. The molecule has 0 bridgehead atoms. The molecule has 0 aliphatic carbocycles. The quantitative estimate of drug-likeness (QED) is 0.441. The Bertz CT molecular complexity index is 167. The van der Waals surface area contributed by atoms with Gasteiger partial charge in [-0.1, -0.05) is 0 Å². The molecule has 0 heterocycles. The number of halogens is 2. The van der Waals surface area contributed by atoms with Crippen molar-refractivity contribution in [1.29, 1.82) is 0 Å². The van der Waals surface area contributed by atoms with Crippen LogP contribution in [0.15, 0.2) is 12.2 Å². The first-order valence-corrected chi connectivity index (χ1v) is 2.52. The number of hydrogen-bond donors (Lipinski definition) is 0. The number of ketones is 1. The van der Waals surface area contributed by atoms with Gasteiger partial charge >= 0.3 is 5.92 Å². The van der Waals surface area contributed by atoms with E-state index in [1.165, 1.54) is 0 Å². The highest BCUT2D eigenvalue weighted by Gasteiger charge is 2.29. The fraction of sp³-hybridized carbons (Fsp3) is 0.333. The molecule has 0 aromatic rings. The fourth-order valence-electron chi connectivity index (χ4n) is 0.273. The Labute approximate surface area is 56.5 Å². The molecule has 0 aromatic heterocycles. The molecule has 56 valence electrons. The Morgan fingerprint density at radius 3 is 2.30 bits per heavy atom. The lowest BCUT2D eigenvalue weighted by atomic mass is 10.2. The Kier molecular flexibility index (Phi) is 2.86. The van der Waals surface area contributed by atoms with Crippen LogP contribution in [0.2, 0.25) is 0 Å². The SMILES string of the molecule is CC(F)(F)C(=O)/C=C/C=O. The predicted octanol–water partition coefficient (Wildman–Crippen LogP) is 0.966. The zero-order chi connectivity index (χ0) is 8.20. The van der Waals surface area contributed by atoms with E-state index in [2.05, 4.69) is 0 Å². The van der Waals surface area contributed by atoms with Crippen molar-refractivity contribution in [3.05, 3.63) is 12.2 Å².